The highest BCUT2D eigenvalue weighted by atomic mass is 19.4. The Balaban J connectivity index is 1.94. The quantitative estimate of drug-likeness (QED) is 0.912. The number of alkyl halides is 3. The molecule has 2 rings (SSSR count). The molecule has 1 fully saturated rings. The molecule has 2 heterocycles. The van der Waals surface area contributed by atoms with Gasteiger partial charge in [-0.15, -0.1) is 0 Å². The van der Waals surface area contributed by atoms with Crippen LogP contribution >= 0.6 is 0 Å². The minimum Gasteiger partial charge on any atom is -0.481 e. The third-order valence-electron chi connectivity index (χ3n) is 3.17. The fraction of sp³-hybridized carbons (Fsp3) is 0.462. The smallest absolute Gasteiger partial charge is 0.406 e. The monoisotopic (exact) mass is 317 g/mol. The molecule has 1 aliphatic rings. The van der Waals surface area contributed by atoms with Crippen molar-refractivity contribution in [3.05, 3.63) is 18.3 Å². The van der Waals surface area contributed by atoms with Crippen molar-refractivity contribution in [1.29, 1.82) is 0 Å². The summed E-state index contributed by atoms with van der Waals surface area (Å²) >= 11 is 0. The first-order chi connectivity index (χ1) is 10.3. The number of hydrogen-bond acceptors (Lipinski definition) is 4. The highest BCUT2D eigenvalue weighted by Gasteiger charge is 2.40. The summed E-state index contributed by atoms with van der Waals surface area (Å²) in [5.41, 5.74) is 0.382. The lowest BCUT2D eigenvalue weighted by atomic mass is 10.1. The molecule has 22 heavy (non-hydrogen) atoms. The molecule has 2 amide bonds. The molecule has 1 saturated heterocycles. The van der Waals surface area contributed by atoms with Gasteiger partial charge in [-0.3, -0.25) is 9.59 Å². The molecule has 6 nitrogen and oxygen atoms in total. The van der Waals surface area contributed by atoms with Gasteiger partial charge in [-0.1, -0.05) is 0 Å². The van der Waals surface area contributed by atoms with Crippen LogP contribution in [0.4, 0.5) is 18.9 Å². The van der Waals surface area contributed by atoms with E-state index in [1.165, 1.54) is 19.4 Å². The number of nitrogens with zero attached hydrogens (tertiary/aromatic N) is 2. The topological polar surface area (TPSA) is 71.5 Å². The predicted octanol–water partition coefficient (Wildman–Crippen LogP) is 1.44. The van der Waals surface area contributed by atoms with Gasteiger partial charge in [0.1, 0.15) is 6.54 Å². The number of nitrogens with one attached hydrogen (secondary N) is 1. The fourth-order valence-corrected chi connectivity index (χ4v) is 2.14. The van der Waals surface area contributed by atoms with Gasteiger partial charge in [0, 0.05) is 19.0 Å². The summed E-state index contributed by atoms with van der Waals surface area (Å²) in [6, 6.07) is 3.08. The molecule has 0 aliphatic carbocycles. The third-order valence-corrected chi connectivity index (χ3v) is 3.17. The predicted molar refractivity (Wildman–Crippen MR) is 70.2 cm³/mol. The number of aromatic nitrogens is 1. The summed E-state index contributed by atoms with van der Waals surface area (Å²) in [5, 5.41) is 2.52. The van der Waals surface area contributed by atoms with Crippen molar-refractivity contribution in [2.45, 2.75) is 12.6 Å². The lowest BCUT2D eigenvalue weighted by Gasteiger charge is -2.18. The summed E-state index contributed by atoms with van der Waals surface area (Å²) in [7, 11) is 1.44. The van der Waals surface area contributed by atoms with Gasteiger partial charge in [0.05, 0.1) is 24.9 Å². The van der Waals surface area contributed by atoms with Crippen LogP contribution in [0, 0.1) is 5.92 Å². The van der Waals surface area contributed by atoms with Crippen molar-refractivity contribution >= 4 is 17.5 Å². The molecule has 0 bridgehead atoms. The summed E-state index contributed by atoms with van der Waals surface area (Å²) in [6.45, 7) is -1.58. The van der Waals surface area contributed by atoms with Crippen molar-refractivity contribution in [3.8, 4) is 5.88 Å². The van der Waals surface area contributed by atoms with Gasteiger partial charge in [-0.05, 0) is 6.07 Å². The van der Waals surface area contributed by atoms with E-state index in [9.17, 15) is 22.8 Å². The zero-order chi connectivity index (χ0) is 16.3. The lowest BCUT2D eigenvalue weighted by molar-refractivity contribution is -0.157. The fourth-order valence-electron chi connectivity index (χ4n) is 2.14. The third kappa shape index (κ3) is 4.09. The minimum absolute atomic E-state index is 0.231. The van der Waals surface area contributed by atoms with Gasteiger partial charge >= 0.3 is 6.18 Å². The first-order valence-electron chi connectivity index (χ1n) is 6.44. The highest BCUT2D eigenvalue weighted by molar-refractivity contribution is 5.97. The molecule has 120 valence electrons. The number of ether oxygens (including phenoxy) is 1. The number of halogens is 3. The van der Waals surface area contributed by atoms with Crippen LogP contribution in [-0.4, -0.2) is 48.1 Å². The maximum absolute atomic E-state index is 12.3. The Morgan fingerprint density at radius 1 is 1.50 bits per heavy atom. The van der Waals surface area contributed by atoms with E-state index in [1.54, 1.807) is 6.07 Å². The van der Waals surface area contributed by atoms with Gasteiger partial charge in [0.15, 0.2) is 0 Å². The van der Waals surface area contributed by atoms with Crippen LogP contribution in [-0.2, 0) is 9.59 Å². The Morgan fingerprint density at radius 3 is 2.77 bits per heavy atom. The average Bonchev–Trinajstić information content (AvgIpc) is 2.79. The van der Waals surface area contributed by atoms with Crippen LogP contribution in [0.5, 0.6) is 5.88 Å². The van der Waals surface area contributed by atoms with Crippen molar-refractivity contribution in [2.75, 3.05) is 25.5 Å². The minimum atomic E-state index is -4.47. The van der Waals surface area contributed by atoms with Gasteiger partial charge in [0.2, 0.25) is 17.7 Å². The molecule has 0 aromatic carbocycles. The number of carbonyl (C=O) groups excluding carboxylic acids is 2. The maximum Gasteiger partial charge on any atom is 0.406 e. The maximum atomic E-state index is 12.3. The van der Waals surface area contributed by atoms with Crippen molar-refractivity contribution in [1.82, 2.24) is 9.88 Å². The Hall–Kier alpha value is -2.32. The summed E-state index contributed by atoms with van der Waals surface area (Å²) < 4.78 is 41.8. The number of carbonyl (C=O) groups is 2. The van der Waals surface area contributed by atoms with Gasteiger partial charge < -0.3 is 15.0 Å². The lowest BCUT2D eigenvalue weighted by Crippen LogP contribution is -2.36. The molecular formula is C13H14F3N3O3. The Kier molecular flexibility index (Phi) is 4.53. The first kappa shape index (κ1) is 16.1. The average molecular weight is 317 g/mol. The molecule has 0 saturated carbocycles. The van der Waals surface area contributed by atoms with Gasteiger partial charge in [0.25, 0.3) is 0 Å². The molecular weight excluding hydrogens is 303 g/mol. The van der Waals surface area contributed by atoms with Crippen LogP contribution in [0.15, 0.2) is 18.3 Å². The first-order valence-corrected chi connectivity index (χ1v) is 6.44. The SMILES string of the molecule is COc1ccc(NC(=O)C2CC(=O)N(CC(F)(F)F)C2)cn1. The molecule has 1 unspecified atom stereocenters. The molecule has 1 aromatic heterocycles. The standard InChI is InChI=1S/C13H14F3N3O3/c1-22-10-3-2-9(5-17-10)18-12(21)8-4-11(20)19(6-8)7-13(14,15)16/h2-3,5,8H,4,6-7H2,1H3,(H,18,21). The van der Waals surface area contributed by atoms with Crippen molar-refractivity contribution < 1.29 is 27.5 Å². The summed E-state index contributed by atoms with van der Waals surface area (Å²) in [6.07, 6.45) is -3.34. The summed E-state index contributed by atoms with van der Waals surface area (Å²) in [5.74, 6) is -1.63. The highest BCUT2D eigenvalue weighted by Crippen LogP contribution is 2.24. The Labute approximate surface area is 124 Å². The zero-order valence-corrected chi connectivity index (χ0v) is 11.7. The van der Waals surface area contributed by atoms with Crippen LogP contribution in [0.25, 0.3) is 0 Å². The van der Waals surface area contributed by atoms with Gasteiger partial charge in [-0.25, -0.2) is 4.98 Å². The molecule has 1 aromatic rings. The van der Waals surface area contributed by atoms with E-state index in [4.69, 9.17) is 4.74 Å². The van der Waals surface area contributed by atoms with Crippen molar-refractivity contribution in [3.63, 3.8) is 0 Å². The van der Waals surface area contributed by atoms with E-state index in [2.05, 4.69) is 10.3 Å². The normalized spacial score (nSPS) is 18.5. The second kappa shape index (κ2) is 6.20. The number of amides is 2. The molecule has 1 atom stereocenters. The van der Waals surface area contributed by atoms with E-state index in [0.717, 1.165) is 0 Å². The second-order valence-electron chi connectivity index (χ2n) is 4.87. The largest absolute Gasteiger partial charge is 0.481 e. The number of methoxy groups -OCH3 is 1. The van der Waals surface area contributed by atoms with Gasteiger partial charge in [-0.2, -0.15) is 13.2 Å². The molecule has 1 aliphatic heterocycles. The van der Waals surface area contributed by atoms with E-state index >= 15 is 0 Å². The van der Waals surface area contributed by atoms with Crippen LogP contribution in [0.2, 0.25) is 0 Å². The number of anilines is 1. The van der Waals surface area contributed by atoms with Crippen LogP contribution in [0.3, 0.4) is 0 Å². The molecule has 0 radical (unpaired) electrons. The van der Waals surface area contributed by atoms with Crippen molar-refractivity contribution in [2.24, 2.45) is 5.92 Å². The number of pyridine rings is 1. The van der Waals surface area contributed by atoms with E-state index in [0.29, 0.717) is 16.5 Å². The Morgan fingerprint density at radius 2 is 2.23 bits per heavy atom. The molecule has 0 spiro atoms. The molecule has 1 N–H and O–H groups in total. The molecule has 9 heteroatoms. The number of rotatable bonds is 4. The van der Waals surface area contributed by atoms with E-state index < -0.39 is 30.5 Å². The van der Waals surface area contributed by atoms with Crippen LogP contribution in [0.1, 0.15) is 6.42 Å². The second-order valence-corrected chi connectivity index (χ2v) is 4.87. The Bertz CT molecular complexity index is 560. The van der Waals surface area contributed by atoms with E-state index in [-0.39, 0.29) is 13.0 Å². The number of likely N-dealkylation sites (tertiary alicyclic amines) is 1. The summed E-state index contributed by atoms with van der Waals surface area (Å²) in [4.78, 5) is 28.1. The van der Waals surface area contributed by atoms with E-state index in [1.807, 2.05) is 0 Å². The number of hydrogen-bond donors (Lipinski definition) is 1. The van der Waals surface area contributed by atoms with Crippen LogP contribution < -0.4 is 10.1 Å². The zero-order valence-electron chi connectivity index (χ0n) is 11.7.